The summed E-state index contributed by atoms with van der Waals surface area (Å²) in [5.41, 5.74) is 2.09. The summed E-state index contributed by atoms with van der Waals surface area (Å²) in [6, 6.07) is 8.99. The lowest BCUT2D eigenvalue weighted by Gasteiger charge is -2.64. The lowest BCUT2D eigenvalue weighted by molar-refractivity contribution is -0.234. The SMILES string of the molecule is COCO[C@H]1CC[C@H]2[C@@H]3[C@H](c4ccc(OC)cc4)CC4CC5(CC[C@]4(C)[C@H]3CC[C@]12C)OCCO5. The Morgan fingerprint density at radius 2 is 1.63 bits per heavy atom. The molecule has 1 saturated heterocycles. The van der Waals surface area contributed by atoms with Gasteiger partial charge in [0.25, 0.3) is 0 Å². The standard InChI is InChI=1S/C30H44O5/c1-28-13-14-30(34-15-16-35-30)18-21(28)17-23(20-5-7-22(32-4)8-6-20)27-24-9-10-26(33-19-31-3)29(24,2)12-11-25(27)28/h5-8,21,23-27H,9-19H2,1-4H3/t21?,23-,24-,25-,26-,27-,28-,29-/m0/s1. The quantitative estimate of drug-likeness (QED) is 0.468. The van der Waals surface area contributed by atoms with E-state index in [1.807, 2.05) is 0 Å². The fraction of sp³-hybridized carbons (Fsp3) is 0.800. The zero-order chi connectivity index (χ0) is 24.3. The van der Waals surface area contributed by atoms with Gasteiger partial charge < -0.3 is 23.7 Å². The van der Waals surface area contributed by atoms with Crippen LogP contribution < -0.4 is 4.74 Å². The molecule has 5 heteroatoms. The van der Waals surface area contributed by atoms with Gasteiger partial charge >= 0.3 is 0 Å². The van der Waals surface area contributed by atoms with Gasteiger partial charge in [0.2, 0.25) is 0 Å². The molecule has 1 aromatic carbocycles. The highest BCUT2D eigenvalue weighted by Gasteiger charge is 2.64. The maximum Gasteiger partial charge on any atom is 0.168 e. The normalized spacial score (nSPS) is 44.0. The van der Waals surface area contributed by atoms with E-state index >= 15 is 0 Å². The van der Waals surface area contributed by atoms with Gasteiger partial charge in [0.05, 0.1) is 26.4 Å². The molecule has 0 bridgehead atoms. The molecule has 0 amide bonds. The predicted molar refractivity (Wildman–Crippen MR) is 134 cm³/mol. The molecule has 0 radical (unpaired) electrons. The average molecular weight is 485 g/mol. The van der Waals surface area contributed by atoms with Crippen molar-refractivity contribution in [1.29, 1.82) is 0 Å². The maximum absolute atomic E-state index is 6.30. The highest BCUT2D eigenvalue weighted by Crippen LogP contribution is 2.70. The Hall–Kier alpha value is -1.14. The van der Waals surface area contributed by atoms with Gasteiger partial charge in [-0.3, -0.25) is 0 Å². The molecular weight excluding hydrogens is 440 g/mol. The molecule has 5 fully saturated rings. The molecule has 1 aliphatic heterocycles. The van der Waals surface area contributed by atoms with Gasteiger partial charge in [-0.25, -0.2) is 0 Å². The largest absolute Gasteiger partial charge is 0.497 e. The zero-order valence-corrected chi connectivity index (χ0v) is 22.1. The van der Waals surface area contributed by atoms with E-state index in [-0.39, 0.29) is 11.2 Å². The van der Waals surface area contributed by atoms with Crippen molar-refractivity contribution >= 4 is 0 Å². The lowest BCUT2D eigenvalue weighted by Crippen LogP contribution is -2.58. The topological polar surface area (TPSA) is 46.2 Å². The first-order valence-electron chi connectivity index (χ1n) is 13.9. The molecule has 4 aliphatic carbocycles. The molecule has 194 valence electrons. The summed E-state index contributed by atoms with van der Waals surface area (Å²) in [6.45, 7) is 7.06. The van der Waals surface area contributed by atoms with E-state index in [1.54, 1.807) is 14.2 Å². The summed E-state index contributed by atoms with van der Waals surface area (Å²) < 4.78 is 29.6. The summed E-state index contributed by atoms with van der Waals surface area (Å²) in [6.07, 6.45) is 9.88. The Kier molecular flexibility index (Phi) is 6.23. The van der Waals surface area contributed by atoms with Crippen LogP contribution in [-0.4, -0.2) is 46.1 Å². The minimum atomic E-state index is -0.322. The number of fused-ring (bicyclic) bond motifs is 5. The highest BCUT2D eigenvalue weighted by atomic mass is 16.7. The molecular formula is C30H44O5. The Morgan fingerprint density at radius 1 is 0.886 bits per heavy atom. The van der Waals surface area contributed by atoms with E-state index < -0.39 is 0 Å². The Bertz CT molecular complexity index is 895. The number of rotatable bonds is 5. The summed E-state index contributed by atoms with van der Waals surface area (Å²) >= 11 is 0. The first kappa shape index (κ1) is 24.2. The van der Waals surface area contributed by atoms with Crippen LogP contribution in [0.1, 0.15) is 76.7 Å². The molecule has 1 aromatic rings. The second-order valence-corrected chi connectivity index (χ2v) is 12.6. The van der Waals surface area contributed by atoms with Crippen molar-refractivity contribution < 1.29 is 23.7 Å². The van der Waals surface area contributed by atoms with E-state index in [2.05, 4.69) is 38.1 Å². The second-order valence-electron chi connectivity index (χ2n) is 12.6. The lowest BCUT2D eigenvalue weighted by atomic mass is 9.42. The Morgan fingerprint density at radius 3 is 2.34 bits per heavy atom. The van der Waals surface area contributed by atoms with Gasteiger partial charge in [0.1, 0.15) is 12.5 Å². The van der Waals surface area contributed by atoms with Crippen LogP contribution in [0.2, 0.25) is 0 Å². The van der Waals surface area contributed by atoms with Crippen LogP contribution >= 0.6 is 0 Å². The Labute approximate surface area is 211 Å². The van der Waals surface area contributed by atoms with Gasteiger partial charge in [-0.05, 0) is 96.6 Å². The van der Waals surface area contributed by atoms with Crippen LogP contribution in [0.4, 0.5) is 0 Å². The maximum atomic E-state index is 6.30. The van der Waals surface area contributed by atoms with Crippen molar-refractivity contribution in [2.75, 3.05) is 34.2 Å². The van der Waals surface area contributed by atoms with Crippen molar-refractivity contribution in [3.63, 3.8) is 0 Å². The van der Waals surface area contributed by atoms with Crippen molar-refractivity contribution in [1.82, 2.24) is 0 Å². The summed E-state index contributed by atoms with van der Waals surface area (Å²) in [5, 5.41) is 0. The van der Waals surface area contributed by atoms with Crippen LogP contribution in [0.25, 0.3) is 0 Å². The number of ether oxygens (including phenoxy) is 5. The second kappa shape index (κ2) is 9.01. The number of hydrogen-bond acceptors (Lipinski definition) is 5. The van der Waals surface area contributed by atoms with E-state index in [0.717, 1.165) is 44.1 Å². The molecule has 0 aromatic heterocycles. The summed E-state index contributed by atoms with van der Waals surface area (Å²) in [4.78, 5) is 0. The molecule has 1 heterocycles. The molecule has 1 unspecified atom stereocenters. The molecule has 5 nitrogen and oxygen atoms in total. The van der Waals surface area contributed by atoms with Gasteiger partial charge in [-0.1, -0.05) is 26.0 Å². The first-order valence-corrected chi connectivity index (χ1v) is 13.9. The fourth-order valence-electron chi connectivity index (χ4n) is 9.55. The van der Waals surface area contributed by atoms with Crippen LogP contribution in [-0.2, 0) is 18.9 Å². The monoisotopic (exact) mass is 484 g/mol. The van der Waals surface area contributed by atoms with Crippen molar-refractivity contribution in [2.24, 2.45) is 34.5 Å². The van der Waals surface area contributed by atoms with Crippen LogP contribution in [0.3, 0.4) is 0 Å². The summed E-state index contributed by atoms with van der Waals surface area (Å²) in [7, 11) is 3.49. The van der Waals surface area contributed by atoms with E-state index in [4.69, 9.17) is 23.7 Å². The Balaban J connectivity index is 1.37. The fourth-order valence-corrected chi connectivity index (χ4v) is 9.55. The highest BCUT2D eigenvalue weighted by molar-refractivity contribution is 5.32. The van der Waals surface area contributed by atoms with Gasteiger partial charge in [0, 0.05) is 20.0 Å². The van der Waals surface area contributed by atoms with Gasteiger partial charge in [-0.15, -0.1) is 0 Å². The van der Waals surface area contributed by atoms with E-state index in [1.165, 1.54) is 37.7 Å². The zero-order valence-electron chi connectivity index (χ0n) is 22.1. The third-order valence-electron chi connectivity index (χ3n) is 11.4. The van der Waals surface area contributed by atoms with Crippen LogP contribution in [0.15, 0.2) is 24.3 Å². The third-order valence-corrected chi connectivity index (χ3v) is 11.4. The van der Waals surface area contributed by atoms with Gasteiger partial charge in [0.15, 0.2) is 5.79 Å². The smallest absolute Gasteiger partial charge is 0.168 e. The first-order chi connectivity index (χ1) is 16.9. The van der Waals surface area contributed by atoms with Crippen molar-refractivity contribution in [3.05, 3.63) is 29.8 Å². The predicted octanol–water partition coefficient (Wildman–Crippen LogP) is 6.16. The van der Waals surface area contributed by atoms with Crippen molar-refractivity contribution in [2.45, 2.75) is 83.0 Å². The van der Waals surface area contributed by atoms with Crippen LogP contribution in [0.5, 0.6) is 5.75 Å². The number of hydrogen-bond donors (Lipinski definition) is 0. The van der Waals surface area contributed by atoms with Crippen LogP contribution in [0, 0.1) is 34.5 Å². The van der Waals surface area contributed by atoms with E-state index in [0.29, 0.717) is 42.0 Å². The van der Waals surface area contributed by atoms with Gasteiger partial charge in [-0.2, -0.15) is 0 Å². The minimum absolute atomic E-state index is 0.237. The minimum Gasteiger partial charge on any atom is -0.497 e. The number of benzene rings is 1. The molecule has 8 atom stereocenters. The summed E-state index contributed by atoms with van der Waals surface area (Å²) in [5.74, 6) is 3.95. The van der Waals surface area contributed by atoms with E-state index in [9.17, 15) is 0 Å². The molecule has 4 saturated carbocycles. The third kappa shape index (κ3) is 3.79. The van der Waals surface area contributed by atoms with Crippen molar-refractivity contribution in [3.8, 4) is 5.75 Å². The molecule has 0 N–H and O–H groups in total. The molecule has 1 spiro atoms. The number of methoxy groups -OCH3 is 2. The molecule has 5 aliphatic rings. The molecule has 6 rings (SSSR count). The molecule has 35 heavy (non-hydrogen) atoms. The average Bonchev–Trinajstić information content (AvgIpc) is 3.47.